The van der Waals surface area contributed by atoms with Crippen LogP contribution in [0.1, 0.15) is 24.9 Å². The summed E-state index contributed by atoms with van der Waals surface area (Å²) in [6.07, 6.45) is -1.26. The number of halogens is 2. The van der Waals surface area contributed by atoms with Crippen LogP contribution in [0.25, 0.3) is 0 Å². The molecule has 1 atom stereocenters. The molecule has 0 aromatic heterocycles. The molecule has 4 heteroatoms. The lowest BCUT2D eigenvalue weighted by atomic mass is 10.1. The lowest BCUT2D eigenvalue weighted by molar-refractivity contribution is 0.0802. The van der Waals surface area contributed by atoms with Crippen molar-refractivity contribution in [2.24, 2.45) is 0 Å². The van der Waals surface area contributed by atoms with Gasteiger partial charge in [0.25, 0.3) is 6.43 Å². The van der Waals surface area contributed by atoms with Crippen molar-refractivity contribution in [3.63, 3.8) is 0 Å². The van der Waals surface area contributed by atoms with Gasteiger partial charge in [-0.25, -0.2) is 8.78 Å². The molecule has 2 nitrogen and oxygen atoms in total. The van der Waals surface area contributed by atoms with Gasteiger partial charge in [-0.15, -0.1) is 0 Å². The summed E-state index contributed by atoms with van der Waals surface area (Å²) in [5.74, 6) is 0. The van der Waals surface area contributed by atoms with E-state index in [2.05, 4.69) is 12.2 Å². The first-order valence-corrected chi connectivity index (χ1v) is 6.39. The minimum Gasteiger partial charge on any atom is -0.315 e. The van der Waals surface area contributed by atoms with Crippen LogP contribution >= 0.6 is 0 Å². The lowest BCUT2D eigenvalue weighted by Crippen LogP contribution is -2.36. The monoisotopic (exact) mass is 256 g/mol. The van der Waals surface area contributed by atoms with E-state index in [-0.39, 0.29) is 12.6 Å². The SMILES string of the molecule is CCCNCC(c1ccccc1)N(C)CC(F)F. The van der Waals surface area contributed by atoms with Gasteiger partial charge in [-0.1, -0.05) is 37.3 Å². The van der Waals surface area contributed by atoms with Gasteiger partial charge in [0, 0.05) is 12.6 Å². The van der Waals surface area contributed by atoms with Gasteiger partial charge in [0.1, 0.15) is 0 Å². The van der Waals surface area contributed by atoms with Gasteiger partial charge in [-0.2, -0.15) is 0 Å². The van der Waals surface area contributed by atoms with E-state index in [4.69, 9.17) is 0 Å². The molecule has 1 unspecified atom stereocenters. The summed E-state index contributed by atoms with van der Waals surface area (Å²) < 4.78 is 25.0. The Bertz CT molecular complexity index is 317. The molecule has 1 rings (SSSR count). The van der Waals surface area contributed by atoms with E-state index in [0.29, 0.717) is 6.54 Å². The molecule has 0 bridgehead atoms. The Balaban J connectivity index is 2.68. The highest BCUT2D eigenvalue weighted by Crippen LogP contribution is 2.19. The Morgan fingerprint density at radius 2 is 1.89 bits per heavy atom. The van der Waals surface area contributed by atoms with E-state index >= 15 is 0 Å². The molecule has 0 radical (unpaired) electrons. The largest absolute Gasteiger partial charge is 0.315 e. The van der Waals surface area contributed by atoms with Crippen molar-refractivity contribution in [1.29, 1.82) is 0 Å². The number of likely N-dealkylation sites (N-methyl/N-ethyl adjacent to an activating group) is 1. The highest BCUT2D eigenvalue weighted by molar-refractivity contribution is 5.19. The Hall–Kier alpha value is -1.00. The predicted octanol–water partition coefficient (Wildman–Crippen LogP) is 2.92. The maximum atomic E-state index is 12.5. The van der Waals surface area contributed by atoms with Gasteiger partial charge in [0.15, 0.2) is 0 Å². The van der Waals surface area contributed by atoms with Crippen molar-refractivity contribution in [1.82, 2.24) is 10.2 Å². The molecule has 18 heavy (non-hydrogen) atoms. The minimum absolute atomic E-state index is 0.00764. The Kier molecular flexibility index (Phi) is 6.83. The summed E-state index contributed by atoms with van der Waals surface area (Å²) in [7, 11) is 1.75. The average molecular weight is 256 g/mol. The van der Waals surface area contributed by atoms with Crippen LogP contribution in [0.5, 0.6) is 0 Å². The molecule has 0 aliphatic carbocycles. The van der Waals surface area contributed by atoms with Crippen molar-refractivity contribution in [2.45, 2.75) is 25.8 Å². The Morgan fingerprint density at radius 3 is 2.44 bits per heavy atom. The fourth-order valence-corrected chi connectivity index (χ4v) is 1.96. The zero-order valence-electron chi connectivity index (χ0n) is 11.1. The first-order valence-electron chi connectivity index (χ1n) is 6.39. The maximum absolute atomic E-state index is 12.5. The maximum Gasteiger partial charge on any atom is 0.251 e. The van der Waals surface area contributed by atoms with Crippen molar-refractivity contribution >= 4 is 0 Å². The molecule has 1 N–H and O–H groups in total. The second kappa shape index (κ2) is 8.16. The van der Waals surface area contributed by atoms with E-state index in [1.807, 2.05) is 30.3 Å². The second-order valence-electron chi connectivity index (χ2n) is 4.46. The van der Waals surface area contributed by atoms with E-state index < -0.39 is 6.43 Å². The molecule has 1 aromatic carbocycles. The van der Waals surface area contributed by atoms with Crippen LogP contribution in [0.15, 0.2) is 30.3 Å². The Labute approximate surface area is 108 Å². The molecule has 0 amide bonds. The number of nitrogens with one attached hydrogen (secondary N) is 1. The highest BCUT2D eigenvalue weighted by Gasteiger charge is 2.19. The third-order valence-corrected chi connectivity index (χ3v) is 2.91. The summed E-state index contributed by atoms with van der Waals surface area (Å²) in [6.45, 7) is 3.49. The summed E-state index contributed by atoms with van der Waals surface area (Å²) in [5, 5.41) is 3.30. The average Bonchev–Trinajstić information content (AvgIpc) is 2.35. The van der Waals surface area contributed by atoms with Crippen LogP contribution in [0.3, 0.4) is 0 Å². The van der Waals surface area contributed by atoms with Gasteiger partial charge < -0.3 is 5.32 Å². The van der Waals surface area contributed by atoms with Crippen LogP contribution in [-0.2, 0) is 0 Å². The van der Waals surface area contributed by atoms with Crippen molar-refractivity contribution in [3.05, 3.63) is 35.9 Å². The molecule has 0 fully saturated rings. The summed E-state index contributed by atoms with van der Waals surface area (Å²) in [6, 6.07) is 9.79. The van der Waals surface area contributed by atoms with Gasteiger partial charge in [0.05, 0.1) is 6.54 Å². The number of alkyl halides is 2. The van der Waals surface area contributed by atoms with Crippen molar-refractivity contribution < 1.29 is 8.78 Å². The number of hydrogen-bond acceptors (Lipinski definition) is 2. The standard InChI is InChI=1S/C14H22F2N2/c1-3-9-17-10-13(18(2)11-14(15)16)12-7-5-4-6-8-12/h4-8,13-14,17H,3,9-11H2,1-2H3. The van der Waals surface area contributed by atoms with Crippen LogP contribution in [0, 0.1) is 0 Å². The summed E-state index contributed by atoms with van der Waals surface area (Å²) in [4.78, 5) is 1.71. The van der Waals surface area contributed by atoms with Gasteiger partial charge in [-0.3, -0.25) is 4.90 Å². The molecule has 0 aliphatic rings. The summed E-state index contributed by atoms with van der Waals surface area (Å²) in [5.41, 5.74) is 1.07. The fourth-order valence-electron chi connectivity index (χ4n) is 1.96. The molecule has 0 saturated heterocycles. The second-order valence-corrected chi connectivity index (χ2v) is 4.46. The minimum atomic E-state index is -2.30. The topological polar surface area (TPSA) is 15.3 Å². The highest BCUT2D eigenvalue weighted by atomic mass is 19.3. The van der Waals surface area contributed by atoms with Gasteiger partial charge >= 0.3 is 0 Å². The molecule has 0 spiro atoms. The number of nitrogens with zero attached hydrogens (tertiary/aromatic N) is 1. The number of benzene rings is 1. The number of rotatable bonds is 8. The zero-order chi connectivity index (χ0) is 13.4. The van der Waals surface area contributed by atoms with Crippen molar-refractivity contribution in [3.8, 4) is 0 Å². The molecule has 0 heterocycles. The third-order valence-electron chi connectivity index (χ3n) is 2.91. The Morgan fingerprint density at radius 1 is 1.22 bits per heavy atom. The fraction of sp³-hybridized carbons (Fsp3) is 0.571. The zero-order valence-corrected chi connectivity index (χ0v) is 11.1. The van der Waals surface area contributed by atoms with Crippen LogP contribution in [0.4, 0.5) is 8.78 Å². The van der Waals surface area contributed by atoms with E-state index in [1.165, 1.54) is 0 Å². The first kappa shape index (κ1) is 15.1. The van der Waals surface area contributed by atoms with E-state index in [9.17, 15) is 8.78 Å². The summed E-state index contributed by atoms with van der Waals surface area (Å²) >= 11 is 0. The van der Waals surface area contributed by atoms with Crippen LogP contribution in [0.2, 0.25) is 0 Å². The van der Waals surface area contributed by atoms with Gasteiger partial charge in [-0.05, 0) is 25.6 Å². The molecule has 102 valence electrons. The van der Waals surface area contributed by atoms with E-state index in [0.717, 1.165) is 18.5 Å². The van der Waals surface area contributed by atoms with Crippen molar-refractivity contribution in [2.75, 3.05) is 26.7 Å². The predicted molar refractivity (Wildman–Crippen MR) is 71.0 cm³/mol. The van der Waals surface area contributed by atoms with Crippen LogP contribution < -0.4 is 5.32 Å². The molecular weight excluding hydrogens is 234 g/mol. The first-order chi connectivity index (χ1) is 8.65. The van der Waals surface area contributed by atoms with Crippen LogP contribution in [-0.4, -0.2) is 38.0 Å². The quantitative estimate of drug-likeness (QED) is 0.719. The van der Waals surface area contributed by atoms with Gasteiger partial charge in [0.2, 0.25) is 0 Å². The smallest absolute Gasteiger partial charge is 0.251 e. The number of hydrogen-bond donors (Lipinski definition) is 1. The molecule has 1 aromatic rings. The molecular formula is C14H22F2N2. The van der Waals surface area contributed by atoms with E-state index in [1.54, 1.807) is 11.9 Å². The normalized spacial score (nSPS) is 13.2. The molecule has 0 saturated carbocycles. The third kappa shape index (κ3) is 5.10. The molecule has 0 aliphatic heterocycles. The lowest BCUT2D eigenvalue weighted by Gasteiger charge is -2.28.